The van der Waals surface area contributed by atoms with E-state index >= 15 is 0 Å². The van der Waals surface area contributed by atoms with Gasteiger partial charge in [0.05, 0.1) is 11.3 Å². The van der Waals surface area contributed by atoms with Crippen LogP contribution in [0.25, 0.3) is 0 Å². The summed E-state index contributed by atoms with van der Waals surface area (Å²) < 4.78 is 13.0. The monoisotopic (exact) mass is 266 g/mol. The van der Waals surface area contributed by atoms with Crippen LogP contribution in [0.2, 0.25) is 0 Å². The fraction of sp³-hybridized carbons (Fsp3) is 0.500. The SMILES string of the molecule is Nc1cc(C(=O)NCC2(O)CCCCC2)ccc1F. The predicted octanol–water partition coefficient (Wildman–Crippen LogP) is 1.83. The molecule has 2 rings (SSSR count). The van der Waals surface area contributed by atoms with E-state index in [4.69, 9.17) is 5.73 Å². The molecule has 0 heterocycles. The number of nitrogens with two attached hydrogens (primary N) is 1. The van der Waals surface area contributed by atoms with Gasteiger partial charge in [-0.25, -0.2) is 4.39 Å². The Hall–Kier alpha value is -1.62. The van der Waals surface area contributed by atoms with Crippen molar-refractivity contribution in [3.05, 3.63) is 29.6 Å². The van der Waals surface area contributed by atoms with Gasteiger partial charge in [0.2, 0.25) is 0 Å². The molecule has 1 saturated carbocycles. The Morgan fingerprint density at radius 3 is 2.68 bits per heavy atom. The van der Waals surface area contributed by atoms with Gasteiger partial charge in [-0.05, 0) is 31.0 Å². The van der Waals surface area contributed by atoms with E-state index in [1.54, 1.807) is 0 Å². The average molecular weight is 266 g/mol. The lowest BCUT2D eigenvalue weighted by atomic mass is 9.85. The number of hydrogen-bond acceptors (Lipinski definition) is 3. The molecule has 1 aromatic carbocycles. The molecule has 1 aliphatic carbocycles. The summed E-state index contributed by atoms with van der Waals surface area (Å²) in [4.78, 5) is 11.9. The Balaban J connectivity index is 1.95. The van der Waals surface area contributed by atoms with E-state index in [1.165, 1.54) is 18.2 Å². The maximum atomic E-state index is 13.0. The minimum Gasteiger partial charge on any atom is -0.396 e. The number of carbonyl (C=O) groups is 1. The van der Waals surface area contributed by atoms with E-state index in [9.17, 15) is 14.3 Å². The van der Waals surface area contributed by atoms with Crippen LogP contribution in [0.15, 0.2) is 18.2 Å². The Kier molecular flexibility index (Phi) is 4.04. The van der Waals surface area contributed by atoms with Gasteiger partial charge in [0.25, 0.3) is 5.91 Å². The minimum atomic E-state index is -0.806. The number of anilines is 1. The van der Waals surface area contributed by atoms with Crippen molar-refractivity contribution in [2.45, 2.75) is 37.7 Å². The fourth-order valence-corrected chi connectivity index (χ4v) is 2.42. The summed E-state index contributed by atoms with van der Waals surface area (Å²) in [5.74, 6) is -0.881. The zero-order valence-corrected chi connectivity index (χ0v) is 10.8. The fourth-order valence-electron chi connectivity index (χ4n) is 2.42. The highest BCUT2D eigenvalue weighted by atomic mass is 19.1. The molecule has 1 fully saturated rings. The van der Waals surface area contributed by atoms with Crippen molar-refractivity contribution in [1.82, 2.24) is 5.32 Å². The van der Waals surface area contributed by atoms with Gasteiger partial charge in [-0.3, -0.25) is 4.79 Å². The Morgan fingerprint density at radius 1 is 1.37 bits per heavy atom. The van der Waals surface area contributed by atoms with Crippen molar-refractivity contribution in [1.29, 1.82) is 0 Å². The van der Waals surface area contributed by atoms with Crippen LogP contribution in [0.1, 0.15) is 42.5 Å². The van der Waals surface area contributed by atoms with Gasteiger partial charge in [0.15, 0.2) is 0 Å². The van der Waals surface area contributed by atoms with E-state index in [-0.39, 0.29) is 18.1 Å². The third-order valence-corrected chi connectivity index (χ3v) is 3.62. The molecule has 5 heteroatoms. The van der Waals surface area contributed by atoms with E-state index < -0.39 is 11.4 Å². The third-order valence-electron chi connectivity index (χ3n) is 3.62. The summed E-state index contributed by atoms with van der Waals surface area (Å²) in [6.45, 7) is 0.225. The molecule has 0 radical (unpaired) electrons. The van der Waals surface area contributed by atoms with Crippen molar-refractivity contribution in [2.24, 2.45) is 0 Å². The molecule has 4 nitrogen and oxygen atoms in total. The first-order valence-corrected chi connectivity index (χ1v) is 6.56. The smallest absolute Gasteiger partial charge is 0.251 e. The van der Waals surface area contributed by atoms with Gasteiger partial charge in [-0.2, -0.15) is 0 Å². The highest BCUT2D eigenvalue weighted by molar-refractivity contribution is 5.95. The maximum Gasteiger partial charge on any atom is 0.251 e. The highest BCUT2D eigenvalue weighted by Gasteiger charge is 2.29. The number of nitrogens with one attached hydrogen (secondary N) is 1. The number of benzene rings is 1. The van der Waals surface area contributed by atoms with Crippen LogP contribution in [-0.2, 0) is 0 Å². The summed E-state index contributed by atoms with van der Waals surface area (Å²) in [7, 11) is 0. The maximum absolute atomic E-state index is 13.0. The van der Waals surface area contributed by atoms with Gasteiger partial charge in [0.1, 0.15) is 5.82 Å². The van der Waals surface area contributed by atoms with Crippen molar-refractivity contribution >= 4 is 11.6 Å². The molecular weight excluding hydrogens is 247 g/mol. The highest BCUT2D eigenvalue weighted by Crippen LogP contribution is 2.27. The van der Waals surface area contributed by atoms with Crippen molar-refractivity contribution in [3.63, 3.8) is 0 Å². The summed E-state index contributed by atoms with van der Waals surface area (Å²) in [5.41, 5.74) is 4.87. The molecule has 1 aromatic rings. The quantitative estimate of drug-likeness (QED) is 0.731. The molecule has 0 aliphatic heterocycles. The van der Waals surface area contributed by atoms with Crippen LogP contribution in [0, 0.1) is 5.82 Å². The zero-order chi connectivity index (χ0) is 13.9. The standard InChI is InChI=1S/C14H19FN2O2/c15-11-5-4-10(8-12(11)16)13(18)17-9-14(19)6-2-1-3-7-14/h4-5,8,19H,1-3,6-7,9,16H2,(H,17,18). The van der Waals surface area contributed by atoms with E-state index in [0.717, 1.165) is 19.3 Å². The van der Waals surface area contributed by atoms with E-state index in [0.29, 0.717) is 18.4 Å². The van der Waals surface area contributed by atoms with Crippen molar-refractivity contribution < 1.29 is 14.3 Å². The molecule has 104 valence electrons. The van der Waals surface area contributed by atoms with Gasteiger partial charge < -0.3 is 16.2 Å². The summed E-state index contributed by atoms with van der Waals surface area (Å²) in [6.07, 6.45) is 4.51. The molecule has 0 aromatic heterocycles. The normalized spacial score (nSPS) is 18.0. The zero-order valence-electron chi connectivity index (χ0n) is 10.8. The molecule has 19 heavy (non-hydrogen) atoms. The Labute approximate surface area is 111 Å². The first kappa shape index (κ1) is 13.8. The van der Waals surface area contributed by atoms with E-state index in [2.05, 4.69) is 5.32 Å². The number of aliphatic hydroxyl groups is 1. The van der Waals surface area contributed by atoms with Crippen LogP contribution in [0.4, 0.5) is 10.1 Å². The molecule has 0 unspecified atom stereocenters. The number of halogens is 1. The lowest BCUT2D eigenvalue weighted by molar-refractivity contribution is 0.00526. The molecule has 0 saturated heterocycles. The molecule has 4 N–H and O–H groups in total. The molecular formula is C14H19FN2O2. The lowest BCUT2D eigenvalue weighted by Gasteiger charge is -2.32. The second-order valence-electron chi connectivity index (χ2n) is 5.20. The van der Waals surface area contributed by atoms with Crippen LogP contribution in [0.5, 0.6) is 0 Å². The number of hydrogen-bond donors (Lipinski definition) is 3. The molecule has 0 atom stereocenters. The summed E-state index contributed by atoms with van der Waals surface area (Å²) >= 11 is 0. The Bertz CT molecular complexity index is 471. The van der Waals surface area contributed by atoms with Crippen LogP contribution >= 0.6 is 0 Å². The Morgan fingerprint density at radius 2 is 2.05 bits per heavy atom. The van der Waals surface area contributed by atoms with Crippen molar-refractivity contribution in [3.8, 4) is 0 Å². The molecule has 0 bridgehead atoms. The number of rotatable bonds is 3. The van der Waals surface area contributed by atoms with Gasteiger partial charge >= 0.3 is 0 Å². The first-order valence-electron chi connectivity index (χ1n) is 6.56. The van der Waals surface area contributed by atoms with E-state index in [1.807, 2.05) is 0 Å². The second kappa shape index (κ2) is 5.57. The number of amides is 1. The van der Waals surface area contributed by atoms with Crippen molar-refractivity contribution in [2.75, 3.05) is 12.3 Å². The number of nitrogen functional groups attached to an aromatic ring is 1. The topological polar surface area (TPSA) is 75.4 Å². The molecule has 0 spiro atoms. The van der Waals surface area contributed by atoms with Gasteiger partial charge in [-0.15, -0.1) is 0 Å². The molecule has 1 amide bonds. The number of carbonyl (C=O) groups excluding carboxylic acids is 1. The predicted molar refractivity (Wildman–Crippen MR) is 71.2 cm³/mol. The van der Waals surface area contributed by atoms with Crippen LogP contribution < -0.4 is 11.1 Å². The summed E-state index contributed by atoms with van der Waals surface area (Å²) in [5, 5.41) is 13.0. The average Bonchev–Trinajstić information content (AvgIpc) is 2.40. The minimum absolute atomic E-state index is 0.0518. The van der Waals surface area contributed by atoms with Gasteiger partial charge in [0, 0.05) is 12.1 Å². The third kappa shape index (κ3) is 3.44. The molecule has 1 aliphatic rings. The second-order valence-corrected chi connectivity index (χ2v) is 5.20. The van der Waals surface area contributed by atoms with Crippen LogP contribution in [0.3, 0.4) is 0 Å². The first-order chi connectivity index (χ1) is 9.00. The summed E-state index contributed by atoms with van der Waals surface area (Å²) in [6, 6.07) is 3.85. The van der Waals surface area contributed by atoms with Crippen LogP contribution in [-0.4, -0.2) is 23.2 Å². The van der Waals surface area contributed by atoms with Gasteiger partial charge in [-0.1, -0.05) is 19.3 Å². The largest absolute Gasteiger partial charge is 0.396 e. The lowest BCUT2D eigenvalue weighted by Crippen LogP contribution is -2.44.